The molecule has 0 bridgehead atoms. The molecule has 5 heteroatoms. The van der Waals surface area contributed by atoms with Crippen LogP contribution in [0.15, 0.2) is 22.9 Å². The summed E-state index contributed by atoms with van der Waals surface area (Å²) in [5.41, 5.74) is 2.27. The van der Waals surface area contributed by atoms with Crippen LogP contribution in [0.1, 0.15) is 49.8 Å². The minimum Gasteiger partial charge on any atom is -0.338 e. The molecule has 2 heterocycles. The minimum atomic E-state index is 0.0447. The lowest BCUT2D eigenvalue weighted by Crippen LogP contribution is -2.31. The van der Waals surface area contributed by atoms with E-state index in [4.69, 9.17) is 4.52 Å². The van der Waals surface area contributed by atoms with E-state index in [-0.39, 0.29) is 12.1 Å². The van der Waals surface area contributed by atoms with E-state index >= 15 is 0 Å². The Labute approximate surface area is 119 Å². The van der Waals surface area contributed by atoms with Crippen LogP contribution < -0.4 is 5.32 Å². The molecule has 0 amide bonds. The van der Waals surface area contributed by atoms with Gasteiger partial charge >= 0.3 is 0 Å². The Balaban J connectivity index is 1.90. The third kappa shape index (κ3) is 3.87. The SMILES string of the molecule is CCc1noc(C(C)NC(C)Cc2ccc(C)cn2)n1. The molecular weight excluding hydrogens is 252 g/mol. The molecule has 0 aromatic carbocycles. The van der Waals surface area contributed by atoms with Gasteiger partial charge in [-0.25, -0.2) is 0 Å². The normalized spacial score (nSPS) is 14.2. The molecule has 0 aliphatic rings. The van der Waals surface area contributed by atoms with Gasteiger partial charge in [0.05, 0.1) is 6.04 Å². The zero-order chi connectivity index (χ0) is 14.5. The van der Waals surface area contributed by atoms with Gasteiger partial charge in [-0.15, -0.1) is 0 Å². The topological polar surface area (TPSA) is 63.8 Å². The lowest BCUT2D eigenvalue weighted by molar-refractivity contribution is 0.323. The van der Waals surface area contributed by atoms with Gasteiger partial charge in [-0.1, -0.05) is 18.1 Å². The highest BCUT2D eigenvalue weighted by Gasteiger charge is 2.16. The summed E-state index contributed by atoms with van der Waals surface area (Å²) in [5, 5.41) is 7.38. The number of rotatable bonds is 6. The molecule has 1 N–H and O–H groups in total. The number of nitrogens with zero attached hydrogens (tertiary/aromatic N) is 3. The third-order valence-corrected chi connectivity index (χ3v) is 3.19. The Morgan fingerprint density at radius 2 is 2.10 bits per heavy atom. The molecular formula is C15H22N4O. The standard InChI is InChI=1S/C15H22N4O/c1-5-14-18-15(20-19-14)12(4)17-11(3)8-13-7-6-10(2)9-16-13/h6-7,9,11-12,17H,5,8H2,1-4H3. The average Bonchev–Trinajstić information content (AvgIpc) is 2.90. The molecule has 0 aliphatic heterocycles. The second-order valence-corrected chi connectivity index (χ2v) is 5.22. The van der Waals surface area contributed by atoms with Crippen molar-refractivity contribution in [2.75, 3.05) is 0 Å². The first kappa shape index (κ1) is 14.7. The Bertz CT molecular complexity index is 535. The van der Waals surface area contributed by atoms with Crippen molar-refractivity contribution in [2.45, 2.75) is 52.6 Å². The molecule has 0 fully saturated rings. The molecule has 108 valence electrons. The zero-order valence-corrected chi connectivity index (χ0v) is 12.6. The highest BCUT2D eigenvalue weighted by molar-refractivity contribution is 5.13. The highest BCUT2D eigenvalue weighted by atomic mass is 16.5. The van der Waals surface area contributed by atoms with E-state index in [0.717, 1.165) is 24.4 Å². The van der Waals surface area contributed by atoms with Gasteiger partial charge in [-0.3, -0.25) is 4.98 Å². The van der Waals surface area contributed by atoms with Crippen LogP contribution in [0.3, 0.4) is 0 Å². The molecule has 2 atom stereocenters. The number of hydrogen-bond acceptors (Lipinski definition) is 5. The van der Waals surface area contributed by atoms with Gasteiger partial charge in [0.2, 0.25) is 5.89 Å². The van der Waals surface area contributed by atoms with Crippen LogP contribution in [0.2, 0.25) is 0 Å². The Morgan fingerprint density at radius 3 is 2.70 bits per heavy atom. The lowest BCUT2D eigenvalue weighted by Gasteiger charge is -2.17. The number of nitrogens with one attached hydrogen (secondary N) is 1. The van der Waals surface area contributed by atoms with Crippen molar-refractivity contribution in [2.24, 2.45) is 0 Å². The van der Waals surface area contributed by atoms with Gasteiger partial charge in [-0.05, 0) is 32.4 Å². The first-order chi connectivity index (χ1) is 9.58. The first-order valence-electron chi connectivity index (χ1n) is 7.08. The summed E-state index contributed by atoms with van der Waals surface area (Å²) < 4.78 is 5.24. The van der Waals surface area contributed by atoms with Crippen molar-refractivity contribution in [3.05, 3.63) is 41.3 Å². The number of aryl methyl sites for hydroxylation is 2. The van der Waals surface area contributed by atoms with Crippen LogP contribution in [0.4, 0.5) is 0 Å². The fraction of sp³-hybridized carbons (Fsp3) is 0.533. The zero-order valence-electron chi connectivity index (χ0n) is 12.6. The smallest absolute Gasteiger partial charge is 0.243 e. The second kappa shape index (κ2) is 6.61. The van der Waals surface area contributed by atoms with E-state index in [1.54, 1.807) is 0 Å². The van der Waals surface area contributed by atoms with E-state index in [1.807, 2.05) is 27.0 Å². The van der Waals surface area contributed by atoms with E-state index in [1.165, 1.54) is 5.56 Å². The largest absolute Gasteiger partial charge is 0.338 e. The highest BCUT2D eigenvalue weighted by Crippen LogP contribution is 2.12. The van der Waals surface area contributed by atoms with E-state index in [9.17, 15) is 0 Å². The molecule has 0 spiro atoms. The number of hydrogen-bond donors (Lipinski definition) is 1. The summed E-state index contributed by atoms with van der Waals surface area (Å²) in [6.45, 7) is 8.22. The van der Waals surface area contributed by atoms with Crippen LogP contribution in [-0.2, 0) is 12.8 Å². The summed E-state index contributed by atoms with van der Waals surface area (Å²) in [5.74, 6) is 1.40. The summed E-state index contributed by atoms with van der Waals surface area (Å²) in [7, 11) is 0. The van der Waals surface area contributed by atoms with Crippen molar-refractivity contribution in [3.8, 4) is 0 Å². The quantitative estimate of drug-likeness (QED) is 0.877. The first-order valence-corrected chi connectivity index (χ1v) is 7.08. The summed E-state index contributed by atoms with van der Waals surface area (Å²) >= 11 is 0. The fourth-order valence-electron chi connectivity index (χ4n) is 2.08. The van der Waals surface area contributed by atoms with E-state index in [2.05, 4.69) is 39.5 Å². The molecule has 0 saturated carbocycles. The molecule has 20 heavy (non-hydrogen) atoms. The summed E-state index contributed by atoms with van der Waals surface area (Å²) in [6.07, 6.45) is 3.56. The summed E-state index contributed by atoms with van der Waals surface area (Å²) in [6, 6.07) is 4.49. The molecule has 2 aromatic heterocycles. The van der Waals surface area contributed by atoms with Crippen LogP contribution >= 0.6 is 0 Å². The third-order valence-electron chi connectivity index (χ3n) is 3.19. The van der Waals surface area contributed by atoms with Gasteiger partial charge in [-0.2, -0.15) is 4.98 Å². The van der Waals surface area contributed by atoms with Crippen LogP contribution in [0, 0.1) is 6.92 Å². The maximum Gasteiger partial charge on any atom is 0.243 e. The lowest BCUT2D eigenvalue weighted by atomic mass is 10.1. The minimum absolute atomic E-state index is 0.0447. The van der Waals surface area contributed by atoms with Gasteiger partial charge < -0.3 is 9.84 Å². The molecule has 2 rings (SSSR count). The van der Waals surface area contributed by atoms with Gasteiger partial charge in [0.1, 0.15) is 0 Å². The number of aromatic nitrogens is 3. The van der Waals surface area contributed by atoms with Crippen LogP contribution in [0.25, 0.3) is 0 Å². The van der Waals surface area contributed by atoms with Crippen LogP contribution in [-0.4, -0.2) is 21.2 Å². The fourth-order valence-corrected chi connectivity index (χ4v) is 2.08. The van der Waals surface area contributed by atoms with E-state index < -0.39 is 0 Å². The van der Waals surface area contributed by atoms with Crippen molar-refractivity contribution in [1.82, 2.24) is 20.4 Å². The van der Waals surface area contributed by atoms with Gasteiger partial charge in [0.25, 0.3) is 0 Å². The van der Waals surface area contributed by atoms with Crippen molar-refractivity contribution < 1.29 is 4.52 Å². The van der Waals surface area contributed by atoms with Gasteiger partial charge in [0.15, 0.2) is 5.82 Å². The molecule has 2 aromatic rings. The Hall–Kier alpha value is -1.75. The maximum absolute atomic E-state index is 5.24. The monoisotopic (exact) mass is 274 g/mol. The predicted molar refractivity (Wildman–Crippen MR) is 77.4 cm³/mol. The Kier molecular flexibility index (Phi) is 4.84. The van der Waals surface area contributed by atoms with Crippen molar-refractivity contribution in [1.29, 1.82) is 0 Å². The Morgan fingerprint density at radius 1 is 1.30 bits per heavy atom. The summed E-state index contributed by atoms with van der Waals surface area (Å²) in [4.78, 5) is 8.77. The predicted octanol–water partition coefficient (Wildman–Crippen LogP) is 2.62. The molecule has 0 radical (unpaired) electrons. The average molecular weight is 274 g/mol. The van der Waals surface area contributed by atoms with E-state index in [0.29, 0.717) is 5.89 Å². The van der Waals surface area contributed by atoms with Gasteiger partial charge in [0, 0.05) is 30.8 Å². The maximum atomic E-state index is 5.24. The number of pyridine rings is 1. The molecule has 0 aliphatic carbocycles. The van der Waals surface area contributed by atoms with Crippen LogP contribution in [0.5, 0.6) is 0 Å². The molecule has 0 saturated heterocycles. The molecule has 5 nitrogen and oxygen atoms in total. The van der Waals surface area contributed by atoms with Crippen molar-refractivity contribution >= 4 is 0 Å². The molecule has 2 unspecified atom stereocenters. The van der Waals surface area contributed by atoms with Crippen molar-refractivity contribution in [3.63, 3.8) is 0 Å². The second-order valence-electron chi connectivity index (χ2n) is 5.22.